The fraction of sp³-hybridized carbons (Fsp3) is 0.0833. The number of furan rings is 1. The summed E-state index contributed by atoms with van der Waals surface area (Å²) in [7, 11) is 1.50. The van der Waals surface area contributed by atoms with Crippen molar-refractivity contribution >= 4 is 27.9 Å². The van der Waals surface area contributed by atoms with E-state index < -0.39 is 5.97 Å². The second kappa shape index (κ2) is 3.69. The summed E-state index contributed by atoms with van der Waals surface area (Å²) in [5.74, 6) is -0.548. The number of aromatic carboxylic acids is 1. The second-order valence-corrected chi connectivity index (χ2v) is 3.69. The zero-order valence-corrected chi connectivity index (χ0v) is 9.38. The molecule has 6 nitrogen and oxygen atoms in total. The minimum atomic E-state index is -1.03. The summed E-state index contributed by atoms with van der Waals surface area (Å²) in [6.45, 7) is 0. The molecule has 0 aliphatic rings. The summed E-state index contributed by atoms with van der Waals surface area (Å²) < 4.78 is 10.7. The summed E-state index contributed by atoms with van der Waals surface area (Å²) in [6, 6.07) is 3.05. The molecule has 0 saturated heterocycles. The maximum atomic E-state index is 11.2. The van der Waals surface area contributed by atoms with Crippen LogP contribution in [-0.4, -0.2) is 28.4 Å². The lowest BCUT2D eigenvalue weighted by atomic mass is 10.1. The zero-order valence-electron chi connectivity index (χ0n) is 9.38. The number of nitrogens with zero attached hydrogens (tertiary/aromatic N) is 2. The molecule has 3 rings (SSSR count). The van der Waals surface area contributed by atoms with E-state index in [9.17, 15) is 9.90 Å². The number of benzene rings is 1. The van der Waals surface area contributed by atoms with E-state index in [0.29, 0.717) is 27.7 Å². The van der Waals surface area contributed by atoms with Gasteiger partial charge in [0, 0.05) is 5.39 Å². The van der Waals surface area contributed by atoms with Crippen molar-refractivity contribution < 1.29 is 19.1 Å². The van der Waals surface area contributed by atoms with Gasteiger partial charge in [0.05, 0.1) is 30.5 Å². The monoisotopic (exact) mass is 244 g/mol. The number of carbonyl (C=O) groups is 1. The van der Waals surface area contributed by atoms with E-state index in [2.05, 4.69) is 10.2 Å². The summed E-state index contributed by atoms with van der Waals surface area (Å²) in [6.07, 6.45) is 2.92. The van der Waals surface area contributed by atoms with Crippen LogP contribution in [0, 0.1) is 0 Å². The minimum absolute atomic E-state index is 0.151. The lowest BCUT2D eigenvalue weighted by molar-refractivity contribution is 0.0699. The van der Waals surface area contributed by atoms with E-state index in [0.717, 1.165) is 0 Å². The lowest BCUT2D eigenvalue weighted by Gasteiger charge is -2.02. The van der Waals surface area contributed by atoms with Gasteiger partial charge in [-0.3, -0.25) is 0 Å². The van der Waals surface area contributed by atoms with Crippen molar-refractivity contribution in [3.63, 3.8) is 0 Å². The molecule has 0 amide bonds. The molecule has 2 heterocycles. The molecule has 0 atom stereocenters. The highest BCUT2D eigenvalue weighted by molar-refractivity contribution is 6.15. The van der Waals surface area contributed by atoms with Crippen LogP contribution in [0.1, 0.15) is 10.4 Å². The van der Waals surface area contributed by atoms with Gasteiger partial charge in [-0.25, -0.2) is 4.79 Å². The molecule has 6 heteroatoms. The first-order valence-corrected chi connectivity index (χ1v) is 5.15. The fourth-order valence-electron chi connectivity index (χ4n) is 1.96. The Morgan fingerprint density at radius 2 is 2.11 bits per heavy atom. The Labute approximate surface area is 101 Å². The summed E-state index contributed by atoms with van der Waals surface area (Å²) in [5, 5.41) is 17.7. The molecule has 0 aliphatic carbocycles. The van der Waals surface area contributed by atoms with Crippen molar-refractivity contribution in [1.82, 2.24) is 10.2 Å². The highest BCUT2D eigenvalue weighted by Gasteiger charge is 2.19. The number of carboxylic acids is 1. The Balaban J connectivity index is 2.56. The first-order valence-electron chi connectivity index (χ1n) is 5.15. The predicted octanol–water partition coefficient (Wildman–Crippen LogP) is 2.08. The van der Waals surface area contributed by atoms with Gasteiger partial charge in [-0.05, 0) is 12.1 Å². The second-order valence-electron chi connectivity index (χ2n) is 3.69. The maximum absolute atomic E-state index is 11.2. The molecule has 3 aromatic rings. The van der Waals surface area contributed by atoms with Crippen LogP contribution >= 0.6 is 0 Å². The number of rotatable bonds is 2. The number of hydrogen-bond donors (Lipinski definition) is 1. The average Bonchev–Trinajstić information content (AvgIpc) is 2.76. The van der Waals surface area contributed by atoms with E-state index in [4.69, 9.17) is 9.15 Å². The van der Waals surface area contributed by atoms with Crippen molar-refractivity contribution in [2.24, 2.45) is 0 Å². The van der Waals surface area contributed by atoms with Gasteiger partial charge in [-0.1, -0.05) is 0 Å². The zero-order chi connectivity index (χ0) is 12.7. The summed E-state index contributed by atoms with van der Waals surface area (Å²) in [5.41, 5.74) is 1.02. The van der Waals surface area contributed by atoms with Crippen LogP contribution in [0.3, 0.4) is 0 Å². The van der Waals surface area contributed by atoms with Crippen LogP contribution in [0.15, 0.2) is 28.9 Å². The molecular weight excluding hydrogens is 236 g/mol. The predicted molar refractivity (Wildman–Crippen MR) is 62.8 cm³/mol. The van der Waals surface area contributed by atoms with Gasteiger partial charge >= 0.3 is 5.97 Å². The van der Waals surface area contributed by atoms with Gasteiger partial charge in [0.15, 0.2) is 16.9 Å². The lowest BCUT2D eigenvalue weighted by Crippen LogP contribution is -1.97. The number of fused-ring (bicyclic) bond motifs is 3. The quantitative estimate of drug-likeness (QED) is 0.742. The van der Waals surface area contributed by atoms with Crippen LogP contribution in [0.25, 0.3) is 21.9 Å². The largest absolute Gasteiger partial charge is 0.493 e. The molecule has 90 valence electrons. The highest BCUT2D eigenvalue weighted by atomic mass is 16.5. The molecule has 0 bridgehead atoms. The molecule has 0 saturated carbocycles. The van der Waals surface area contributed by atoms with E-state index in [1.165, 1.54) is 25.6 Å². The summed E-state index contributed by atoms with van der Waals surface area (Å²) >= 11 is 0. The van der Waals surface area contributed by atoms with E-state index in [-0.39, 0.29) is 5.56 Å². The first kappa shape index (κ1) is 10.5. The van der Waals surface area contributed by atoms with Crippen molar-refractivity contribution in [3.8, 4) is 5.75 Å². The van der Waals surface area contributed by atoms with Crippen LogP contribution in [-0.2, 0) is 0 Å². The molecule has 1 aromatic carbocycles. The molecule has 0 spiro atoms. The Hall–Kier alpha value is -2.63. The normalized spacial score (nSPS) is 10.9. The Morgan fingerprint density at radius 3 is 2.83 bits per heavy atom. The van der Waals surface area contributed by atoms with Crippen molar-refractivity contribution in [2.45, 2.75) is 0 Å². The maximum Gasteiger partial charge on any atom is 0.336 e. The van der Waals surface area contributed by atoms with E-state index in [1.807, 2.05) is 0 Å². The van der Waals surface area contributed by atoms with Crippen LogP contribution in [0.2, 0.25) is 0 Å². The van der Waals surface area contributed by atoms with Gasteiger partial charge in [0.25, 0.3) is 0 Å². The van der Waals surface area contributed by atoms with Crippen molar-refractivity contribution in [3.05, 3.63) is 30.1 Å². The molecule has 0 unspecified atom stereocenters. The van der Waals surface area contributed by atoms with Crippen LogP contribution in [0.5, 0.6) is 5.75 Å². The molecule has 0 fully saturated rings. The Morgan fingerprint density at radius 1 is 1.33 bits per heavy atom. The Bertz CT molecular complexity index is 763. The number of carboxylic acid groups (broad SMARTS) is 1. The third kappa shape index (κ3) is 1.32. The average molecular weight is 244 g/mol. The highest BCUT2D eigenvalue weighted by Crippen LogP contribution is 2.36. The van der Waals surface area contributed by atoms with E-state index >= 15 is 0 Å². The molecular formula is C12H8N2O4. The van der Waals surface area contributed by atoms with Crippen LogP contribution in [0.4, 0.5) is 0 Å². The minimum Gasteiger partial charge on any atom is -0.493 e. The summed E-state index contributed by atoms with van der Waals surface area (Å²) in [4.78, 5) is 11.2. The van der Waals surface area contributed by atoms with Crippen molar-refractivity contribution in [2.75, 3.05) is 7.11 Å². The third-order valence-corrected chi connectivity index (χ3v) is 2.75. The van der Waals surface area contributed by atoms with Gasteiger partial charge in [-0.15, -0.1) is 0 Å². The van der Waals surface area contributed by atoms with Crippen LogP contribution < -0.4 is 4.74 Å². The Kier molecular flexibility index (Phi) is 2.16. The smallest absolute Gasteiger partial charge is 0.336 e. The molecule has 2 aromatic heterocycles. The SMILES string of the molecule is COc1ccc(C(=O)O)c2c1oc1cnncc12. The first-order chi connectivity index (χ1) is 8.72. The van der Waals surface area contributed by atoms with Gasteiger partial charge in [0.2, 0.25) is 0 Å². The molecule has 18 heavy (non-hydrogen) atoms. The molecule has 1 N–H and O–H groups in total. The number of ether oxygens (including phenoxy) is 1. The molecule has 0 aliphatic heterocycles. The number of aromatic nitrogens is 2. The standard InChI is InChI=1S/C12H8N2O4/c1-17-8-3-2-6(12(15)16)10-7-4-13-14-5-9(7)18-11(8)10/h2-5H,1H3,(H,15,16). The van der Waals surface area contributed by atoms with Gasteiger partial charge in [-0.2, -0.15) is 10.2 Å². The topological polar surface area (TPSA) is 85.5 Å². The van der Waals surface area contributed by atoms with Gasteiger partial charge in [0.1, 0.15) is 0 Å². The number of methoxy groups -OCH3 is 1. The third-order valence-electron chi connectivity index (χ3n) is 2.75. The fourth-order valence-corrected chi connectivity index (χ4v) is 1.96. The number of hydrogen-bond acceptors (Lipinski definition) is 5. The van der Waals surface area contributed by atoms with Crippen molar-refractivity contribution in [1.29, 1.82) is 0 Å². The van der Waals surface area contributed by atoms with Gasteiger partial charge < -0.3 is 14.3 Å². The van der Waals surface area contributed by atoms with E-state index in [1.54, 1.807) is 6.07 Å². The molecule has 0 radical (unpaired) electrons.